The van der Waals surface area contributed by atoms with Crippen molar-refractivity contribution in [1.82, 2.24) is 9.03 Å². The molecule has 0 bridgehead atoms. The summed E-state index contributed by atoms with van der Waals surface area (Å²) < 4.78 is 112. The van der Waals surface area contributed by atoms with Crippen LogP contribution in [0.25, 0.3) is 0 Å². The largest absolute Gasteiger partial charge is 0.289 e. The van der Waals surface area contributed by atoms with Gasteiger partial charge < -0.3 is 0 Å². The van der Waals surface area contributed by atoms with Crippen molar-refractivity contribution in [3.8, 4) is 0 Å². The Balaban J connectivity index is 0.000000217. The number of hydrogen-bond donors (Lipinski definition) is 2. The normalized spacial score (nSPS) is 11.5. The standard InChI is InChI=1S/C16H15BrFNO3S.C15H13BrFNO3S.C14H11BrFNO3S/c1-19(2)23(21,22)10-11-3-8-14(15(17)9-11)16(20)12-4-6-13(18)7-5-12;1-18-22(20,21)9-10-2-7-13(14(16)8-10)15(19)11-3-5-12(17)6-4-11;15-13-7-9(8-21(17,19)20)1-6-12(13)14(18)10-2-4-11(16)5-3-10/h3-9H,10H2,1-2H3;2-8,18H,9H2,1H3;1-7H,8H2,(H2,17,19,20). The van der Waals surface area contributed by atoms with Gasteiger partial charge in [-0.2, -0.15) is 0 Å². The predicted molar refractivity (Wildman–Crippen MR) is 257 cm³/mol. The summed E-state index contributed by atoms with van der Waals surface area (Å²) in [6.07, 6.45) is 0. The molecule has 0 spiro atoms. The number of nitrogens with two attached hydrogens (primary N) is 1. The van der Waals surface area contributed by atoms with Gasteiger partial charge in [-0.3, -0.25) is 14.4 Å². The van der Waals surface area contributed by atoms with E-state index in [0.29, 0.717) is 63.5 Å². The fourth-order valence-electron chi connectivity index (χ4n) is 5.63. The van der Waals surface area contributed by atoms with Crippen molar-refractivity contribution in [2.45, 2.75) is 17.3 Å². The maximum atomic E-state index is 12.9. The highest BCUT2D eigenvalue weighted by Gasteiger charge is 2.19. The summed E-state index contributed by atoms with van der Waals surface area (Å²) in [4.78, 5) is 37.0. The SMILES string of the molecule is CN(C)S(=O)(=O)Cc1ccc(C(=O)c2ccc(F)cc2)c(Br)c1.CNS(=O)(=O)Cc1ccc(C(=O)c2ccc(F)cc2)c(Br)c1.NS(=O)(=O)Cc1ccc(C(=O)c2ccc(F)cc2)c(Br)c1. The number of halogens is 6. The number of nitrogens with zero attached hydrogens (tertiary/aromatic N) is 1. The molecule has 0 radical (unpaired) electrons. The predicted octanol–water partition coefficient (Wildman–Crippen LogP) is 8.69. The highest BCUT2D eigenvalue weighted by Crippen LogP contribution is 2.26. The molecule has 0 amide bonds. The Kier molecular flexibility index (Phi) is 19.1. The Morgan fingerprint density at radius 2 is 0.788 bits per heavy atom. The van der Waals surface area contributed by atoms with Crippen LogP contribution in [0.3, 0.4) is 0 Å². The summed E-state index contributed by atoms with van der Waals surface area (Å²) in [5.41, 5.74) is 3.80. The molecule has 6 aromatic carbocycles. The summed E-state index contributed by atoms with van der Waals surface area (Å²) in [7, 11) is -6.10. The van der Waals surface area contributed by atoms with Crippen LogP contribution in [0.15, 0.2) is 141 Å². The van der Waals surface area contributed by atoms with Gasteiger partial charge >= 0.3 is 0 Å². The Bertz CT molecular complexity index is 3090. The number of rotatable bonds is 14. The van der Waals surface area contributed by atoms with Gasteiger partial charge in [-0.1, -0.05) is 66.0 Å². The Morgan fingerprint density at radius 1 is 0.500 bits per heavy atom. The number of carbonyl (C=O) groups excluding carboxylic acids is 3. The maximum absolute atomic E-state index is 12.9. The first kappa shape index (κ1) is 53.9. The molecule has 0 unspecified atom stereocenters. The van der Waals surface area contributed by atoms with Crippen LogP contribution in [-0.2, 0) is 47.3 Å². The van der Waals surface area contributed by atoms with Gasteiger partial charge in [0, 0.05) is 60.9 Å². The van der Waals surface area contributed by atoms with Crippen molar-refractivity contribution in [3.05, 3.63) is 208 Å². The second kappa shape index (κ2) is 23.3. The summed E-state index contributed by atoms with van der Waals surface area (Å²) in [5, 5.41) is 4.98. The third-order valence-corrected chi connectivity index (χ3v) is 14.9. The van der Waals surface area contributed by atoms with Crippen LogP contribution in [0.2, 0.25) is 0 Å². The number of sulfonamides is 3. The van der Waals surface area contributed by atoms with Crippen molar-refractivity contribution in [2.24, 2.45) is 5.14 Å². The van der Waals surface area contributed by atoms with Crippen LogP contribution in [0, 0.1) is 17.5 Å². The van der Waals surface area contributed by atoms with E-state index in [0.717, 1.165) is 4.31 Å². The molecular formula is C45H39Br3F3N3O9S3. The van der Waals surface area contributed by atoms with Crippen molar-refractivity contribution < 1.29 is 52.8 Å². The lowest BCUT2D eigenvalue weighted by atomic mass is 10.0. The Morgan fingerprint density at radius 3 is 1.05 bits per heavy atom. The minimum absolute atomic E-state index is 0.149. The molecule has 348 valence electrons. The van der Waals surface area contributed by atoms with Crippen molar-refractivity contribution in [3.63, 3.8) is 0 Å². The van der Waals surface area contributed by atoms with Gasteiger partial charge in [0.05, 0.1) is 17.3 Å². The van der Waals surface area contributed by atoms with Gasteiger partial charge in [0.15, 0.2) is 17.3 Å². The first-order valence-corrected chi connectivity index (χ1v) is 26.2. The number of primary sulfonamides is 1. The van der Waals surface area contributed by atoms with Gasteiger partial charge in [-0.25, -0.2) is 52.6 Å². The van der Waals surface area contributed by atoms with Crippen LogP contribution in [-0.4, -0.2) is 68.1 Å². The molecule has 3 N–H and O–H groups in total. The smallest absolute Gasteiger partial charge is 0.217 e. The monoisotopic (exact) mass is 1150 g/mol. The lowest BCUT2D eigenvalue weighted by Crippen LogP contribution is -2.23. The third-order valence-electron chi connectivity index (χ3n) is 9.09. The van der Waals surface area contributed by atoms with Crippen molar-refractivity contribution in [1.29, 1.82) is 0 Å². The highest BCUT2D eigenvalue weighted by molar-refractivity contribution is 9.11. The van der Waals surface area contributed by atoms with Gasteiger partial charge in [0.2, 0.25) is 30.1 Å². The molecule has 0 aromatic heterocycles. The first-order valence-electron chi connectivity index (χ1n) is 18.9. The number of carbonyl (C=O) groups is 3. The number of hydrogen-bond acceptors (Lipinski definition) is 9. The van der Waals surface area contributed by atoms with Gasteiger partial charge in [-0.05, 0) is 133 Å². The van der Waals surface area contributed by atoms with E-state index in [1.165, 1.54) is 112 Å². The molecule has 6 rings (SSSR count). The summed E-state index contributed by atoms with van der Waals surface area (Å²) in [6.45, 7) is 0. The van der Waals surface area contributed by atoms with E-state index in [2.05, 4.69) is 52.5 Å². The quantitative estimate of drug-likeness (QED) is 0.100. The molecule has 66 heavy (non-hydrogen) atoms. The van der Waals surface area contributed by atoms with E-state index in [9.17, 15) is 52.8 Å². The van der Waals surface area contributed by atoms with Gasteiger partial charge in [0.1, 0.15) is 17.5 Å². The van der Waals surface area contributed by atoms with Crippen molar-refractivity contribution in [2.75, 3.05) is 21.1 Å². The molecule has 6 aromatic rings. The van der Waals surface area contributed by atoms with Crippen LogP contribution in [0.1, 0.15) is 64.5 Å². The fraction of sp³-hybridized carbons (Fsp3) is 0.133. The topological polar surface area (TPSA) is 195 Å². The van der Waals surface area contributed by atoms with E-state index < -0.39 is 47.5 Å². The number of ketones is 3. The average Bonchev–Trinajstić information content (AvgIpc) is 3.23. The lowest BCUT2D eigenvalue weighted by Gasteiger charge is -2.12. The number of benzene rings is 6. The van der Waals surface area contributed by atoms with E-state index in [1.807, 2.05) is 0 Å². The Hall–Kier alpha value is -4.71. The summed E-state index contributed by atoms with van der Waals surface area (Å²) in [5.74, 6) is -2.70. The van der Waals surface area contributed by atoms with Gasteiger partial charge in [0.25, 0.3) is 0 Å². The molecule has 0 heterocycles. The molecule has 0 saturated heterocycles. The second-order valence-electron chi connectivity index (χ2n) is 14.3. The zero-order valence-electron chi connectivity index (χ0n) is 34.9. The molecule has 0 aliphatic carbocycles. The minimum atomic E-state index is -3.63. The van der Waals surface area contributed by atoms with E-state index >= 15 is 0 Å². The zero-order valence-corrected chi connectivity index (χ0v) is 42.1. The van der Waals surface area contributed by atoms with Crippen LogP contribution in [0.4, 0.5) is 13.2 Å². The van der Waals surface area contributed by atoms with Crippen LogP contribution >= 0.6 is 47.8 Å². The first-order chi connectivity index (χ1) is 30.8. The lowest BCUT2D eigenvalue weighted by molar-refractivity contribution is 0.103. The van der Waals surface area contributed by atoms with E-state index in [4.69, 9.17) is 5.14 Å². The highest BCUT2D eigenvalue weighted by atomic mass is 79.9. The maximum Gasteiger partial charge on any atom is 0.217 e. The molecule has 0 saturated carbocycles. The molecular weight excluding hydrogens is 1120 g/mol. The summed E-state index contributed by atoms with van der Waals surface area (Å²) in [6, 6.07) is 29.8. The van der Waals surface area contributed by atoms with Gasteiger partial charge in [-0.15, -0.1) is 0 Å². The molecule has 0 aliphatic rings. The summed E-state index contributed by atoms with van der Waals surface area (Å²) >= 11 is 9.82. The molecule has 0 atom stereocenters. The third kappa shape index (κ3) is 16.0. The zero-order chi connectivity index (χ0) is 49.1. The van der Waals surface area contributed by atoms with Crippen molar-refractivity contribution >= 4 is 95.2 Å². The molecule has 12 nitrogen and oxygen atoms in total. The average molecular weight is 1160 g/mol. The molecule has 0 aliphatic heterocycles. The molecule has 21 heteroatoms. The van der Waals surface area contributed by atoms with E-state index in [-0.39, 0.29) is 34.6 Å². The fourth-order valence-corrected chi connectivity index (χ4v) is 9.72. The Labute approximate surface area is 406 Å². The number of nitrogens with one attached hydrogen (secondary N) is 1. The molecule has 0 fully saturated rings. The second-order valence-corrected chi connectivity index (χ2v) is 22.5. The minimum Gasteiger partial charge on any atom is -0.289 e. The van der Waals surface area contributed by atoms with Crippen LogP contribution < -0.4 is 9.86 Å². The van der Waals surface area contributed by atoms with Crippen LogP contribution in [0.5, 0.6) is 0 Å². The van der Waals surface area contributed by atoms with E-state index in [1.54, 1.807) is 36.4 Å².